The van der Waals surface area contributed by atoms with Crippen LogP contribution in [-0.4, -0.2) is 25.4 Å². The van der Waals surface area contributed by atoms with Gasteiger partial charge >= 0.3 is 0 Å². The molecular weight excluding hydrogens is 561 g/mol. The number of halogens is 2. The Morgan fingerprint density at radius 1 is 0.707 bits per heavy atom. The number of ether oxygens (including phenoxy) is 4. The highest BCUT2D eigenvalue weighted by atomic mass is 35.5. The molecule has 3 atom stereocenters. The van der Waals surface area contributed by atoms with Crippen LogP contribution in [0.5, 0.6) is 23.0 Å². The summed E-state index contributed by atoms with van der Waals surface area (Å²) in [4.78, 5) is 0. The Balaban J connectivity index is 0.00000462. The molecule has 0 spiro atoms. The van der Waals surface area contributed by atoms with Gasteiger partial charge in [-0.1, -0.05) is 85.3 Å². The van der Waals surface area contributed by atoms with Crippen molar-refractivity contribution in [2.24, 2.45) is 11.7 Å². The molecule has 41 heavy (non-hydrogen) atoms. The molecule has 0 saturated carbocycles. The molecule has 0 aromatic heterocycles. The van der Waals surface area contributed by atoms with Crippen LogP contribution in [0, 0.1) is 5.92 Å². The molecule has 0 amide bonds. The number of nitrogens with two attached hydrogens (primary N) is 1. The van der Waals surface area contributed by atoms with E-state index in [9.17, 15) is 5.11 Å². The molecule has 8 heteroatoms. The highest BCUT2D eigenvalue weighted by Crippen LogP contribution is 2.39. The molecule has 4 rings (SSSR count). The fourth-order valence-electron chi connectivity index (χ4n) is 4.51. The Bertz CT molecular complexity index is 1370. The van der Waals surface area contributed by atoms with Gasteiger partial charge in [-0.15, -0.1) is 12.4 Å². The van der Waals surface area contributed by atoms with Crippen molar-refractivity contribution in [2.75, 3.05) is 14.2 Å². The van der Waals surface area contributed by atoms with Gasteiger partial charge in [0.1, 0.15) is 13.2 Å². The predicted molar refractivity (Wildman–Crippen MR) is 166 cm³/mol. The van der Waals surface area contributed by atoms with Crippen LogP contribution in [-0.2, 0) is 19.6 Å². The molecule has 0 aliphatic carbocycles. The molecule has 4 aromatic carbocycles. The van der Waals surface area contributed by atoms with Gasteiger partial charge in [0.25, 0.3) is 0 Å². The van der Waals surface area contributed by atoms with Gasteiger partial charge in [-0.2, -0.15) is 0 Å². The second-order valence-corrected chi connectivity index (χ2v) is 10.2. The number of hydrogen-bond acceptors (Lipinski definition) is 6. The molecule has 4 aromatic rings. The largest absolute Gasteiger partial charge is 0.493 e. The van der Waals surface area contributed by atoms with Gasteiger partial charge in [0.15, 0.2) is 23.0 Å². The number of rotatable bonds is 13. The molecular formula is C33H37Cl2NO5. The minimum Gasteiger partial charge on any atom is -0.493 e. The molecule has 0 heterocycles. The zero-order valence-corrected chi connectivity index (χ0v) is 25.0. The van der Waals surface area contributed by atoms with E-state index < -0.39 is 12.1 Å². The first-order valence-electron chi connectivity index (χ1n) is 13.2. The lowest BCUT2D eigenvalue weighted by Crippen LogP contribution is -2.36. The van der Waals surface area contributed by atoms with Crippen LogP contribution >= 0.6 is 24.0 Å². The summed E-state index contributed by atoms with van der Waals surface area (Å²) in [5.41, 5.74) is 10.1. The number of aliphatic hydroxyl groups is 1. The van der Waals surface area contributed by atoms with Gasteiger partial charge in [0.05, 0.1) is 25.3 Å². The maximum Gasteiger partial charge on any atom is 0.163 e. The molecule has 0 fully saturated rings. The van der Waals surface area contributed by atoms with Crippen molar-refractivity contribution in [1.29, 1.82) is 0 Å². The van der Waals surface area contributed by atoms with Gasteiger partial charge < -0.3 is 29.8 Å². The Labute approximate surface area is 253 Å². The quantitative estimate of drug-likeness (QED) is 0.170. The molecule has 0 bridgehead atoms. The summed E-state index contributed by atoms with van der Waals surface area (Å²) in [7, 11) is 3.21. The minimum absolute atomic E-state index is 0. The average molecular weight is 599 g/mol. The van der Waals surface area contributed by atoms with Crippen LogP contribution in [0.15, 0.2) is 91.0 Å². The van der Waals surface area contributed by atoms with E-state index in [1.807, 2.05) is 85.8 Å². The van der Waals surface area contributed by atoms with Gasteiger partial charge in [0, 0.05) is 17.7 Å². The molecule has 3 N–H and O–H groups in total. The second kappa shape index (κ2) is 15.5. The van der Waals surface area contributed by atoms with Gasteiger partial charge in [-0.25, -0.2) is 0 Å². The van der Waals surface area contributed by atoms with Crippen LogP contribution < -0.4 is 24.7 Å². The third kappa shape index (κ3) is 8.54. The highest BCUT2D eigenvalue weighted by molar-refractivity contribution is 6.31. The summed E-state index contributed by atoms with van der Waals surface area (Å²) in [6.45, 7) is 2.69. The van der Waals surface area contributed by atoms with Crippen molar-refractivity contribution in [2.45, 2.75) is 38.7 Å². The fraction of sp³-hybridized carbons (Fsp3) is 0.273. The van der Waals surface area contributed by atoms with Gasteiger partial charge in [-0.05, 0) is 47.2 Å². The van der Waals surface area contributed by atoms with E-state index in [0.29, 0.717) is 53.2 Å². The molecule has 0 aliphatic rings. The lowest BCUT2D eigenvalue weighted by Gasteiger charge is -2.27. The molecule has 0 saturated heterocycles. The fourth-order valence-corrected chi connectivity index (χ4v) is 4.77. The van der Waals surface area contributed by atoms with Crippen LogP contribution in [0.3, 0.4) is 0 Å². The van der Waals surface area contributed by atoms with Crippen molar-refractivity contribution in [3.8, 4) is 23.0 Å². The minimum atomic E-state index is -1.02. The van der Waals surface area contributed by atoms with E-state index in [4.69, 9.17) is 36.3 Å². The number of methoxy groups -OCH3 is 2. The summed E-state index contributed by atoms with van der Waals surface area (Å²) in [5, 5.41) is 11.7. The van der Waals surface area contributed by atoms with Crippen LogP contribution in [0.2, 0.25) is 5.02 Å². The Kier molecular flexibility index (Phi) is 12.2. The van der Waals surface area contributed by atoms with Gasteiger partial charge in [-0.3, -0.25) is 0 Å². The summed E-state index contributed by atoms with van der Waals surface area (Å²) in [6.07, 6.45) is -0.392. The summed E-state index contributed by atoms with van der Waals surface area (Å²) in [6, 6.07) is 28.3. The van der Waals surface area contributed by atoms with Crippen LogP contribution in [0.25, 0.3) is 0 Å². The Morgan fingerprint density at radius 3 is 1.78 bits per heavy atom. The summed E-state index contributed by atoms with van der Waals surface area (Å²) in [5.74, 6) is 2.21. The number of hydrogen-bond donors (Lipinski definition) is 2. The topological polar surface area (TPSA) is 83.2 Å². The zero-order chi connectivity index (χ0) is 28.5. The van der Waals surface area contributed by atoms with E-state index in [1.165, 1.54) is 0 Å². The molecule has 6 nitrogen and oxygen atoms in total. The van der Waals surface area contributed by atoms with E-state index >= 15 is 0 Å². The monoisotopic (exact) mass is 597 g/mol. The SMILES string of the molecule is COc1ccc(CC(C)C(N)C(O)c2cc(OCc3ccccc3)c(OCc3ccccc3)cc2Cl)cc1OC.Cl. The first-order valence-corrected chi connectivity index (χ1v) is 13.6. The second-order valence-electron chi connectivity index (χ2n) is 9.76. The maximum atomic E-state index is 11.4. The van der Waals surface area contributed by atoms with Crippen molar-refractivity contribution in [3.63, 3.8) is 0 Å². The number of aliphatic hydroxyl groups excluding tert-OH is 1. The normalized spacial score (nSPS) is 12.9. The Hall–Kier alpha value is -3.42. The van der Waals surface area contributed by atoms with Crippen LogP contribution in [0.4, 0.5) is 0 Å². The lowest BCUT2D eigenvalue weighted by atomic mass is 9.88. The Morgan fingerprint density at radius 2 is 1.24 bits per heavy atom. The van der Waals surface area contributed by atoms with Gasteiger partial charge in [0.2, 0.25) is 0 Å². The molecule has 218 valence electrons. The molecule has 0 radical (unpaired) electrons. The number of benzene rings is 4. The third-order valence-corrected chi connectivity index (χ3v) is 7.21. The van der Waals surface area contributed by atoms with E-state index in [0.717, 1.165) is 16.7 Å². The van der Waals surface area contributed by atoms with Crippen molar-refractivity contribution < 1.29 is 24.1 Å². The van der Waals surface area contributed by atoms with Crippen molar-refractivity contribution in [1.82, 2.24) is 0 Å². The lowest BCUT2D eigenvalue weighted by molar-refractivity contribution is 0.121. The maximum absolute atomic E-state index is 11.4. The third-order valence-electron chi connectivity index (χ3n) is 6.88. The standard InChI is InChI=1S/C33H36ClNO5.ClH/c1-22(16-25-14-15-28(37-2)29(17-25)38-3)32(35)33(36)26-18-30(39-20-23-10-6-4-7-11-23)31(19-27(26)34)40-21-24-12-8-5-9-13-24;/h4-15,17-19,22,32-33,36H,16,20-21,35H2,1-3H3;1H. The zero-order valence-electron chi connectivity index (χ0n) is 23.5. The molecule has 3 unspecified atom stereocenters. The van der Waals surface area contributed by atoms with Crippen molar-refractivity contribution in [3.05, 3.63) is 118 Å². The van der Waals surface area contributed by atoms with Crippen LogP contribution in [0.1, 0.15) is 35.3 Å². The van der Waals surface area contributed by atoms with E-state index in [1.54, 1.807) is 26.4 Å². The first kappa shape index (κ1) is 32.1. The molecule has 0 aliphatic heterocycles. The average Bonchev–Trinajstić information content (AvgIpc) is 2.99. The predicted octanol–water partition coefficient (Wildman–Crippen LogP) is 7.18. The smallest absolute Gasteiger partial charge is 0.163 e. The first-order chi connectivity index (χ1) is 19.4. The van der Waals surface area contributed by atoms with Crippen molar-refractivity contribution >= 4 is 24.0 Å². The highest BCUT2D eigenvalue weighted by Gasteiger charge is 2.27. The van der Waals surface area contributed by atoms with E-state index in [-0.39, 0.29) is 18.3 Å². The summed E-state index contributed by atoms with van der Waals surface area (Å²) < 4.78 is 23.1. The summed E-state index contributed by atoms with van der Waals surface area (Å²) >= 11 is 6.70. The van der Waals surface area contributed by atoms with E-state index in [2.05, 4.69) is 0 Å².